The van der Waals surface area contributed by atoms with Crippen molar-refractivity contribution < 1.29 is 14.3 Å². The lowest BCUT2D eigenvalue weighted by atomic mass is 10.1. The van der Waals surface area contributed by atoms with E-state index >= 15 is 0 Å². The Balaban J connectivity index is 2.86. The standard InChI is InChI=1S/C14H19ClN2O3/c1-3-4-5-11(16)13(18)17-12-7-6-9(15)8-10(12)14(19)20-2/h6-8,11H,3-5,16H2,1-2H3,(H,17,18). The zero-order chi connectivity index (χ0) is 15.1. The van der Waals surface area contributed by atoms with Gasteiger partial charge in [0.25, 0.3) is 0 Å². The monoisotopic (exact) mass is 298 g/mol. The van der Waals surface area contributed by atoms with Gasteiger partial charge in [-0.1, -0.05) is 31.4 Å². The molecule has 3 N–H and O–H groups in total. The first-order valence-corrected chi connectivity index (χ1v) is 6.81. The maximum Gasteiger partial charge on any atom is 0.340 e. The summed E-state index contributed by atoms with van der Waals surface area (Å²) in [5, 5.41) is 3.03. The fraction of sp³-hybridized carbons (Fsp3) is 0.429. The second-order valence-electron chi connectivity index (χ2n) is 4.42. The zero-order valence-corrected chi connectivity index (χ0v) is 12.4. The van der Waals surface area contributed by atoms with Gasteiger partial charge in [0.05, 0.1) is 24.4 Å². The summed E-state index contributed by atoms with van der Waals surface area (Å²) in [6, 6.07) is 3.98. The molecule has 0 saturated heterocycles. The number of unbranched alkanes of at least 4 members (excludes halogenated alkanes) is 1. The predicted octanol–water partition coefficient (Wildman–Crippen LogP) is 2.58. The number of nitrogens with one attached hydrogen (secondary N) is 1. The van der Waals surface area contributed by atoms with Crippen LogP contribution in [0.15, 0.2) is 18.2 Å². The number of carbonyl (C=O) groups is 2. The minimum atomic E-state index is -0.601. The highest BCUT2D eigenvalue weighted by atomic mass is 35.5. The average Bonchev–Trinajstić information content (AvgIpc) is 2.45. The SMILES string of the molecule is CCCCC(N)C(=O)Nc1ccc(Cl)cc1C(=O)OC. The third kappa shape index (κ3) is 4.51. The molecule has 0 saturated carbocycles. The van der Waals surface area contributed by atoms with E-state index in [0.29, 0.717) is 17.1 Å². The second-order valence-corrected chi connectivity index (χ2v) is 4.86. The quantitative estimate of drug-likeness (QED) is 0.791. The maximum atomic E-state index is 11.9. The van der Waals surface area contributed by atoms with E-state index in [0.717, 1.165) is 12.8 Å². The Hall–Kier alpha value is -1.59. The molecular formula is C14H19ClN2O3. The van der Waals surface area contributed by atoms with E-state index < -0.39 is 12.0 Å². The van der Waals surface area contributed by atoms with Crippen molar-refractivity contribution in [2.75, 3.05) is 12.4 Å². The molecule has 1 unspecified atom stereocenters. The largest absolute Gasteiger partial charge is 0.465 e. The number of ether oxygens (including phenoxy) is 1. The van der Waals surface area contributed by atoms with Crippen LogP contribution in [0.2, 0.25) is 5.02 Å². The Kier molecular flexibility index (Phi) is 6.48. The number of hydrogen-bond acceptors (Lipinski definition) is 4. The molecule has 0 aliphatic heterocycles. The molecular weight excluding hydrogens is 280 g/mol. The lowest BCUT2D eigenvalue weighted by molar-refractivity contribution is -0.117. The number of amides is 1. The van der Waals surface area contributed by atoms with Gasteiger partial charge in [0.1, 0.15) is 0 Å². The Bertz CT molecular complexity index is 491. The maximum absolute atomic E-state index is 11.9. The lowest BCUT2D eigenvalue weighted by Gasteiger charge is -2.14. The normalized spacial score (nSPS) is 11.8. The zero-order valence-electron chi connectivity index (χ0n) is 11.6. The molecule has 0 bridgehead atoms. The smallest absolute Gasteiger partial charge is 0.340 e. The molecule has 0 heterocycles. The van der Waals surface area contributed by atoms with Crippen molar-refractivity contribution in [2.24, 2.45) is 5.73 Å². The van der Waals surface area contributed by atoms with Gasteiger partial charge in [-0.05, 0) is 24.6 Å². The molecule has 0 radical (unpaired) electrons. The van der Waals surface area contributed by atoms with E-state index in [1.165, 1.54) is 13.2 Å². The molecule has 6 heteroatoms. The van der Waals surface area contributed by atoms with Crippen LogP contribution in [0.3, 0.4) is 0 Å². The van der Waals surface area contributed by atoms with E-state index in [1.807, 2.05) is 6.92 Å². The van der Waals surface area contributed by atoms with Gasteiger partial charge in [0, 0.05) is 5.02 Å². The summed E-state index contributed by atoms with van der Waals surface area (Å²) in [7, 11) is 1.27. The van der Waals surface area contributed by atoms with Crippen LogP contribution in [0.5, 0.6) is 0 Å². The molecule has 0 aliphatic carbocycles. The van der Waals surface area contributed by atoms with Crippen LogP contribution in [0, 0.1) is 0 Å². The fourth-order valence-electron chi connectivity index (χ4n) is 1.68. The molecule has 0 fully saturated rings. The minimum absolute atomic E-state index is 0.205. The first-order valence-electron chi connectivity index (χ1n) is 6.44. The van der Waals surface area contributed by atoms with E-state index in [9.17, 15) is 9.59 Å². The third-order valence-corrected chi connectivity index (χ3v) is 3.09. The highest BCUT2D eigenvalue weighted by Gasteiger charge is 2.18. The van der Waals surface area contributed by atoms with Crippen molar-refractivity contribution in [3.8, 4) is 0 Å². The molecule has 5 nitrogen and oxygen atoms in total. The van der Waals surface area contributed by atoms with Gasteiger partial charge in [-0.2, -0.15) is 0 Å². The van der Waals surface area contributed by atoms with Gasteiger partial charge in [0.2, 0.25) is 5.91 Å². The van der Waals surface area contributed by atoms with E-state index in [2.05, 4.69) is 10.1 Å². The van der Waals surface area contributed by atoms with E-state index in [4.69, 9.17) is 17.3 Å². The second kappa shape index (κ2) is 7.87. The van der Waals surface area contributed by atoms with Crippen molar-refractivity contribution in [2.45, 2.75) is 32.2 Å². The van der Waals surface area contributed by atoms with Crippen molar-refractivity contribution >= 4 is 29.2 Å². The summed E-state index contributed by atoms with van der Waals surface area (Å²) in [5.41, 5.74) is 6.34. The van der Waals surface area contributed by atoms with Crippen LogP contribution >= 0.6 is 11.6 Å². The topological polar surface area (TPSA) is 81.4 Å². The lowest BCUT2D eigenvalue weighted by Crippen LogP contribution is -2.35. The van der Waals surface area contributed by atoms with Gasteiger partial charge in [-0.15, -0.1) is 0 Å². The summed E-state index contributed by atoms with van der Waals surface area (Å²) < 4.78 is 4.66. The molecule has 0 aromatic heterocycles. The number of halogens is 1. The predicted molar refractivity (Wildman–Crippen MR) is 78.9 cm³/mol. The third-order valence-electron chi connectivity index (χ3n) is 2.85. The van der Waals surface area contributed by atoms with Crippen LogP contribution in [-0.2, 0) is 9.53 Å². The number of esters is 1. The molecule has 1 aromatic carbocycles. The average molecular weight is 299 g/mol. The van der Waals surface area contributed by atoms with Crippen LogP contribution in [0.4, 0.5) is 5.69 Å². The molecule has 1 atom stereocenters. The van der Waals surface area contributed by atoms with Crippen LogP contribution in [0.1, 0.15) is 36.5 Å². The Labute approximate surface area is 123 Å². The molecule has 20 heavy (non-hydrogen) atoms. The molecule has 0 spiro atoms. The van der Waals surface area contributed by atoms with Gasteiger partial charge in [-0.25, -0.2) is 4.79 Å². The van der Waals surface area contributed by atoms with E-state index in [1.54, 1.807) is 12.1 Å². The minimum Gasteiger partial charge on any atom is -0.465 e. The number of anilines is 1. The molecule has 0 aliphatic rings. The Morgan fingerprint density at radius 3 is 2.75 bits per heavy atom. The van der Waals surface area contributed by atoms with Crippen LogP contribution < -0.4 is 11.1 Å². The molecule has 1 rings (SSSR count). The molecule has 110 valence electrons. The van der Waals surface area contributed by atoms with Crippen LogP contribution in [-0.4, -0.2) is 25.0 Å². The molecule has 1 amide bonds. The number of nitrogens with two attached hydrogens (primary N) is 1. The number of methoxy groups -OCH3 is 1. The first kappa shape index (κ1) is 16.5. The summed E-state index contributed by atoms with van der Waals surface area (Å²) in [4.78, 5) is 23.6. The number of benzene rings is 1. The van der Waals surface area contributed by atoms with Crippen molar-refractivity contribution in [3.63, 3.8) is 0 Å². The molecule has 1 aromatic rings. The van der Waals surface area contributed by atoms with Crippen molar-refractivity contribution in [1.29, 1.82) is 0 Å². The number of carbonyl (C=O) groups excluding carboxylic acids is 2. The fourth-order valence-corrected chi connectivity index (χ4v) is 1.86. The summed E-state index contributed by atoms with van der Waals surface area (Å²) in [6.07, 6.45) is 2.44. The van der Waals surface area contributed by atoms with Gasteiger partial charge < -0.3 is 15.8 Å². The van der Waals surface area contributed by atoms with Crippen molar-refractivity contribution in [3.05, 3.63) is 28.8 Å². The van der Waals surface area contributed by atoms with Crippen molar-refractivity contribution in [1.82, 2.24) is 0 Å². The van der Waals surface area contributed by atoms with Gasteiger partial charge in [0.15, 0.2) is 0 Å². The summed E-state index contributed by atoms with van der Waals surface area (Å²) in [5.74, 6) is -0.893. The van der Waals surface area contributed by atoms with Crippen LogP contribution in [0.25, 0.3) is 0 Å². The summed E-state index contributed by atoms with van der Waals surface area (Å²) in [6.45, 7) is 2.03. The highest BCUT2D eigenvalue weighted by molar-refractivity contribution is 6.31. The Morgan fingerprint density at radius 2 is 2.15 bits per heavy atom. The number of hydrogen-bond donors (Lipinski definition) is 2. The number of rotatable bonds is 6. The first-order chi connectivity index (χ1) is 9.49. The van der Waals surface area contributed by atoms with Gasteiger partial charge in [-0.3, -0.25) is 4.79 Å². The highest BCUT2D eigenvalue weighted by Crippen LogP contribution is 2.21. The van der Waals surface area contributed by atoms with E-state index in [-0.39, 0.29) is 11.5 Å². The summed E-state index contributed by atoms with van der Waals surface area (Å²) >= 11 is 5.84. The van der Waals surface area contributed by atoms with Gasteiger partial charge >= 0.3 is 5.97 Å². The Morgan fingerprint density at radius 1 is 1.45 bits per heavy atom.